The summed E-state index contributed by atoms with van der Waals surface area (Å²) in [7, 11) is 3.72. The van der Waals surface area contributed by atoms with Crippen LogP contribution in [0.25, 0.3) is 0 Å². The molecule has 0 atom stereocenters. The Bertz CT molecular complexity index is 622. The monoisotopic (exact) mass is 304 g/mol. The maximum atomic E-state index is 9.48. The molecule has 0 saturated heterocycles. The van der Waals surface area contributed by atoms with Gasteiger partial charge < -0.3 is 14.7 Å². The van der Waals surface area contributed by atoms with Crippen LogP contribution in [0.1, 0.15) is 34.9 Å². The zero-order chi connectivity index (χ0) is 14.8. The van der Waals surface area contributed by atoms with Crippen molar-refractivity contribution in [1.82, 2.24) is 4.98 Å². The third kappa shape index (κ3) is 3.19. The van der Waals surface area contributed by atoms with Crippen LogP contribution in [0.15, 0.2) is 24.3 Å². The van der Waals surface area contributed by atoms with Gasteiger partial charge in [-0.1, -0.05) is 23.5 Å². The van der Waals surface area contributed by atoms with Gasteiger partial charge in [0.15, 0.2) is 5.13 Å². The Morgan fingerprint density at radius 3 is 2.90 bits per heavy atom. The first-order valence-electron chi connectivity index (χ1n) is 7.15. The molecule has 5 heteroatoms. The largest absolute Gasteiger partial charge is 0.497 e. The molecule has 0 amide bonds. The molecular weight excluding hydrogens is 284 g/mol. The van der Waals surface area contributed by atoms with Crippen molar-refractivity contribution >= 4 is 16.5 Å². The number of hydrogen-bond acceptors (Lipinski definition) is 5. The quantitative estimate of drug-likeness (QED) is 0.890. The molecule has 0 unspecified atom stereocenters. The summed E-state index contributed by atoms with van der Waals surface area (Å²) in [5.41, 5.74) is 2.29. The van der Waals surface area contributed by atoms with Crippen molar-refractivity contribution in [3.05, 3.63) is 40.4 Å². The molecule has 112 valence electrons. The maximum Gasteiger partial charge on any atom is 0.185 e. The number of rotatable bonds is 6. The highest BCUT2D eigenvalue weighted by atomic mass is 32.1. The van der Waals surface area contributed by atoms with E-state index in [0.717, 1.165) is 28.0 Å². The zero-order valence-corrected chi connectivity index (χ0v) is 13.2. The average Bonchev–Trinajstić information content (AvgIpc) is 3.26. The van der Waals surface area contributed by atoms with Crippen LogP contribution in [0.2, 0.25) is 0 Å². The van der Waals surface area contributed by atoms with E-state index >= 15 is 0 Å². The van der Waals surface area contributed by atoms with E-state index in [-0.39, 0.29) is 6.61 Å². The number of methoxy groups -OCH3 is 1. The highest BCUT2D eigenvalue weighted by molar-refractivity contribution is 7.15. The Labute approximate surface area is 129 Å². The van der Waals surface area contributed by atoms with E-state index in [2.05, 4.69) is 11.0 Å². The summed E-state index contributed by atoms with van der Waals surface area (Å²) in [5.74, 6) is 1.44. The summed E-state index contributed by atoms with van der Waals surface area (Å²) in [6, 6.07) is 8.07. The highest BCUT2D eigenvalue weighted by Crippen LogP contribution is 2.44. The summed E-state index contributed by atoms with van der Waals surface area (Å²) in [6.07, 6.45) is 2.41. The fourth-order valence-electron chi connectivity index (χ4n) is 2.42. The number of aromatic nitrogens is 1. The molecule has 3 rings (SSSR count). The van der Waals surface area contributed by atoms with Crippen LogP contribution in [0.5, 0.6) is 5.75 Å². The van der Waals surface area contributed by atoms with Crippen molar-refractivity contribution in [2.45, 2.75) is 31.9 Å². The summed E-state index contributed by atoms with van der Waals surface area (Å²) in [6.45, 7) is 0.871. The summed E-state index contributed by atoms with van der Waals surface area (Å²) >= 11 is 1.60. The third-order valence-electron chi connectivity index (χ3n) is 3.70. The molecule has 2 aromatic rings. The van der Waals surface area contributed by atoms with Gasteiger partial charge in [-0.05, 0) is 30.5 Å². The zero-order valence-electron chi connectivity index (χ0n) is 12.4. The Balaban J connectivity index is 1.76. The van der Waals surface area contributed by atoms with E-state index in [1.165, 1.54) is 18.4 Å². The van der Waals surface area contributed by atoms with Gasteiger partial charge in [-0.2, -0.15) is 0 Å². The molecule has 4 nitrogen and oxygen atoms in total. The lowest BCUT2D eigenvalue weighted by Crippen LogP contribution is -2.16. The first-order valence-corrected chi connectivity index (χ1v) is 7.97. The Morgan fingerprint density at radius 2 is 2.24 bits per heavy atom. The van der Waals surface area contributed by atoms with Crippen LogP contribution >= 0.6 is 11.3 Å². The molecule has 1 heterocycles. The molecule has 1 N–H and O–H groups in total. The molecule has 1 saturated carbocycles. The van der Waals surface area contributed by atoms with Gasteiger partial charge in [-0.15, -0.1) is 0 Å². The lowest BCUT2D eigenvalue weighted by Gasteiger charge is -2.16. The summed E-state index contributed by atoms with van der Waals surface area (Å²) in [5, 5.41) is 10.5. The minimum atomic E-state index is 0.0937. The van der Waals surface area contributed by atoms with Crippen LogP contribution < -0.4 is 9.64 Å². The number of nitrogens with zero attached hydrogens (tertiary/aromatic N) is 2. The second-order valence-electron chi connectivity index (χ2n) is 5.44. The van der Waals surface area contributed by atoms with Gasteiger partial charge in [0.2, 0.25) is 0 Å². The maximum absolute atomic E-state index is 9.48. The van der Waals surface area contributed by atoms with Gasteiger partial charge in [0.25, 0.3) is 0 Å². The van der Waals surface area contributed by atoms with Crippen molar-refractivity contribution in [2.75, 3.05) is 19.1 Å². The van der Waals surface area contributed by atoms with Gasteiger partial charge in [0, 0.05) is 19.5 Å². The SMILES string of the molecule is COc1cccc(CN(C)c2nc(C3CC3)c(CO)s2)c1. The Morgan fingerprint density at radius 1 is 1.43 bits per heavy atom. The van der Waals surface area contributed by atoms with Gasteiger partial charge in [-0.25, -0.2) is 4.98 Å². The van der Waals surface area contributed by atoms with E-state index in [0.29, 0.717) is 5.92 Å². The second kappa shape index (κ2) is 6.03. The topological polar surface area (TPSA) is 45.6 Å². The van der Waals surface area contributed by atoms with Crippen molar-refractivity contribution in [3.63, 3.8) is 0 Å². The highest BCUT2D eigenvalue weighted by Gasteiger charge is 2.29. The predicted octanol–water partition coefficient (Wildman–Crippen LogP) is 3.16. The lowest BCUT2D eigenvalue weighted by molar-refractivity contribution is 0.284. The van der Waals surface area contributed by atoms with E-state index < -0.39 is 0 Å². The number of thiazole rings is 1. The van der Waals surface area contributed by atoms with Gasteiger partial charge in [0.05, 0.1) is 24.3 Å². The minimum absolute atomic E-state index is 0.0937. The fourth-order valence-corrected chi connectivity index (χ4v) is 3.38. The van der Waals surface area contributed by atoms with Crippen molar-refractivity contribution in [1.29, 1.82) is 0 Å². The smallest absolute Gasteiger partial charge is 0.185 e. The number of aliphatic hydroxyl groups excluding tert-OH is 1. The molecule has 1 aliphatic carbocycles. The van der Waals surface area contributed by atoms with Crippen LogP contribution in [0.4, 0.5) is 5.13 Å². The second-order valence-corrected chi connectivity index (χ2v) is 6.51. The van der Waals surface area contributed by atoms with Crippen molar-refractivity contribution in [2.24, 2.45) is 0 Å². The number of anilines is 1. The van der Waals surface area contributed by atoms with Crippen LogP contribution in [0, 0.1) is 0 Å². The van der Waals surface area contributed by atoms with Crippen LogP contribution in [-0.4, -0.2) is 24.2 Å². The van der Waals surface area contributed by atoms with Gasteiger partial charge in [-0.3, -0.25) is 0 Å². The van der Waals surface area contributed by atoms with Crippen molar-refractivity contribution < 1.29 is 9.84 Å². The van der Waals surface area contributed by atoms with E-state index in [1.807, 2.05) is 25.2 Å². The Kier molecular flexibility index (Phi) is 4.12. The number of benzene rings is 1. The molecule has 0 spiro atoms. The van der Waals surface area contributed by atoms with E-state index in [1.54, 1.807) is 18.4 Å². The van der Waals surface area contributed by atoms with Crippen LogP contribution in [0.3, 0.4) is 0 Å². The first-order chi connectivity index (χ1) is 10.2. The van der Waals surface area contributed by atoms with Gasteiger partial charge >= 0.3 is 0 Å². The average molecular weight is 304 g/mol. The molecular formula is C16H20N2O2S. The molecule has 1 aliphatic rings. The summed E-state index contributed by atoms with van der Waals surface area (Å²) < 4.78 is 5.26. The number of ether oxygens (including phenoxy) is 1. The molecule has 0 bridgehead atoms. The standard InChI is InChI=1S/C16H20N2O2S/c1-18(9-11-4-3-5-13(8-11)20-2)16-17-15(12-6-7-12)14(10-19)21-16/h3-5,8,12,19H,6-7,9-10H2,1-2H3. The lowest BCUT2D eigenvalue weighted by atomic mass is 10.2. The van der Waals surface area contributed by atoms with Gasteiger partial charge in [0.1, 0.15) is 5.75 Å². The molecule has 1 aromatic carbocycles. The third-order valence-corrected chi connectivity index (χ3v) is 4.87. The van der Waals surface area contributed by atoms with E-state index in [4.69, 9.17) is 9.72 Å². The molecule has 1 fully saturated rings. The number of hydrogen-bond donors (Lipinski definition) is 1. The van der Waals surface area contributed by atoms with Crippen LogP contribution in [-0.2, 0) is 13.2 Å². The number of aliphatic hydroxyl groups is 1. The molecule has 21 heavy (non-hydrogen) atoms. The molecule has 0 radical (unpaired) electrons. The Hall–Kier alpha value is -1.59. The normalized spacial score (nSPS) is 14.2. The molecule has 1 aromatic heterocycles. The predicted molar refractivity (Wildman–Crippen MR) is 85.1 cm³/mol. The molecule has 0 aliphatic heterocycles. The fraction of sp³-hybridized carbons (Fsp3) is 0.438. The summed E-state index contributed by atoms with van der Waals surface area (Å²) in [4.78, 5) is 7.88. The van der Waals surface area contributed by atoms with E-state index in [9.17, 15) is 5.11 Å². The van der Waals surface area contributed by atoms with Crippen molar-refractivity contribution in [3.8, 4) is 5.75 Å². The first kappa shape index (κ1) is 14.4. The minimum Gasteiger partial charge on any atom is -0.497 e.